The Morgan fingerprint density at radius 3 is 2.75 bits per heavy atom. The van der Waals surface area contributed by atoms with E-state index in [0.717, 1.165) is 24.4 Å². The Morgan fingerprint density at radius 2 is 2.12 bits per heavy atom. The Balaban J connectivity index is 2.19. The quantitative estimate of drug-likeness (QED) is 0.778. The van der Waals surface area contributed by atoms with Gasteiger partial charge in [0, 0.05) is 31.8 Å². The number of ether oxygens (including phenoxy) is 1. The molecule has 0 aromatic carbocycles. The first-order valence-corrected chi connectivity index (χ1v) is 5.30. The molecule has 0 aliphatic rings. The summed E-state index contributed by atoms with van der Waals surface area (Å²) in [5.74, 6) is 0.809. The first-order valence-electron chi connectivity index (χ1n) is 5.30. The number of nitrogens with zero attached hydrogens (tertiary/aromatic N) is 4. The fourth-order valence-electron chi connectivity index (χ4n) is 1.75. The van der Waals surface area contributed by atoms with E-state index in [0.29, 0.717) is 0 Å². The minimum atomic E-state index is 0.803. The Bertz CT molecular complexity index is 472. The van der Waals surface area contributed by atoms with E-state index < -0.39 is 0 Å². The molecule has 0 saturated carbocycles. The lowest BCUT2D eigenvalue weighted by atomic mass is 10.1. The van der Waals surface area contributed by atoms with E-state index >= 15 is 0 Å². The molecule has 2 rings (SSSR count). The van der Waals surface area contributed by atoms with Gasteiger partial charge in [-0.3, -0.25) is 4.68 Å². The molecule has 16 heavy (non-hydrogen) atoms. The number of aryl methyl sites for hydroxylation is 2. The zero-order valence-corrected chi connectivity index (χ0v) is 9.84. The molecule has 0 amide bonds. The van der Waals surface area contributed by atoms with E-state index in [1.807, 2.05) is 30.3 Å². The highest BCUT2D eigenvalue weighted by atomic mass is 16.5. The predicted molar refractivity (Wildman–Crippen MR) is 60.5 cm³/mol. The number of aromatic nitrogens is 4. The Morgan fingerprint density at radius 1 is 1.31 bits per heavy atom. The van der Waals surface area contributed by atoms with Crippen molar-refractivity contribution in [3.8, 4) is 5.88 Å². The van der Waals surface area contributed by atoms with Crippen molar-refractivity contribution in [1.29, 1.82) is 0 Å². The van der Waals surface area contributed by atoms with Crippen LogP contribution in [0.25, 0.3) is 0 Å². The highest BCUT2D eigenvalue weighted by Crippen LogP contribution is 2.19. The van der Waals surface area contributed by atoms with Crippen molar-refractivity contribution in [3.63, 3.8) is 0 Å². The molecule has 86 valence electrons. The van der Waals surface area contributed by atoms with Gasteiger partial charge in [-0.15, -0.1) is 0 Å². The zero-order chi connectivity index (χ0) is 11.5. The van der Waals surface area contributed by atoms with E-state index in [1.165, 1.54) is 5.56 Å². The van der Waals surface area contributed by atoms with Crippen molar-refractivity contribution in [2.75, 3.05) is 7.11 Å². The minimum Gasteiger partial charge on any atom is -0.481 e. The summed E-state index contributed by atoms with van der Waals surface area (Å²) in [7, 11) is 3.54. The van der Waals surface area contributed by atoms with Crippen LogP contribution >= 0.6 is 0 Å². The molecule has 2 heterocycles. The average Bonchev–Trinajstić information content (AvgIpc) is 2.86. The molecule has 0 fully saturated rings. The summed E-state index contributed by atoms with van der Waals surface area (Å²) in [5, 5.41) is 8.42. The smallest absolute Gasteiger partial charge is 0.214 e. The summed E-state index contributed by atoms with van der Waals surface area (Å²) in [6.07, 6.45) is 6.57. The largest absolute Gasteiger partial charge is 0.481 e. The minimum absolute atomic E-state index is 0.803. The SMILES string of the molecule is CCn1cc(Cc2cnn(C)c2OC)cn1. The van der Waals surface area contributed by atoms with E-state index in [-0.39, 0.29) is 0 Å². The van der Waals surface area contributed by atoms with Crippen LogP contribution in [0, 0.1) is 0 Å². The molecule has 0 aliphatic heterocycles. The first kappa shape index (κ1) is 10.7. The van der Waals surface area contributed by atoms with Gasteiger partial charge in [0.2, 0.25) is 5.88 Å². The summed E-state index contributed by atoms with van der Waals surface area (Å²) in [5.41, 5.74) is 2.26. The van der Waals surface area contributed by atoms with Crippen molar-refractivity contribution in [2.45, 2.75) is 19.9 Å². The third-order valence-corrected chi connectivity index (χ3v) is 2.55. The van der Waals surface area contributed by atoms with Gasteiger partial charge in [0.15, 0.2) is 0 Å². The maximum atomic E-state index is 5.29. The molecule has 0 aliphatic carbocycles. The molecule has 0 spiro atoms. The zero-order valence-electron chi connectivity index (χ0n) is 9.84. The topological polar surface area (TPSA) is 44.9 Å². The van der Waals surface area contributed by atoms with Crippen molar-refractivity contribution >= 4 is 0 Å². The fraction of sp³-hybridized carbons (Fsp3) is 0.455. The highest BCUT2D eigenvalue weighted by Gasteiger charge is 2.10. The van der Waals surface area contributed by atoms with Gasteiger partial charge in [0.25, 0.3) is 0 Å². The summed E-state index contributed by atoms with van der Waals surface area (Å²) < 4.78 is 8.95. The second-order valence-corrected chi connectivity index (χ2v) is 3.68. The maximum absolute atomic E-state index is 5.29. The fourth-order valence-corrected chi connectivity index (χ4v) is 1.75. The lowest BCUT2D eigenvalue weighted by Crippen LogP contribution is -1.97. The third kappa shape index (κ3) is 1.93. The molecular formula is C11H16N4O. The number of methoxy groups -OCH3 is 1. The molecule has 0 radical (unpaired) electrons. The van der Waals surface area contributed by atoms with E-state index in [4.69, 9.17) is 4.74 Å². The van der Waals surface area contributed by atoms with Gasteiger partial charge in [-0.05, 0) is 12.5 Å². The second-order valence-electron chi connectivity index (χ2n) is 3.68. The Labute approximate surface area is 94.6 Å². The normalized spacial score (nSPS) is 10.7. The van der Waals surface area contributed by atoms with Crippen LogP contribution in [0.15, 0.2) is 18.6 Å². The number of rotatable bonds is 4. The van der Waals surface area contributed by atoms with Gasteiger partial charge in [-0.2, -0.15) is 10.2 Å². The molecule has 2 aromatic rings. The lowest BCUT2D eigenvalue weighted by molar-refractivity contribution is 0.370. The van der Waals surface area contributed by atoms with Crippen LogP contribution in [-0.2, 0) is 20.0 Å². The van der Waals surface area contributed by atoms with Gasteiger partial charge >= 0.3 is 0 Å². The molecular weight excluding hydrogens is 204 g/mol. The predicted octanol–water partition coefficient (Wildman–Crippen LogP) is 1.24. The van der Waals surface area contributed by atoms with Crippen molar-refractivity contribution < 1.29 is 4.74 Å². The van der Waals surface area contributed by atoms with Crippen molar-refractivity contribution in [3.05, 3.63) is 29.7 Å². The standard InChI is InChI=1S/C11H16N4O/c1-4-15-8-9(6-13-15)5-10-7-12-14(2)11(10)16-3/h6-8H,4-5H2,1-3H3. The lowest BCUT2D eigenvalue weighted by Gasteiger charge is -2.02. The maximum Gasteiger partial charge on any atom is 0.214 e. The summed E-state index contributed by atoms with van der Waals surface area (Å²) in [6.45, 7) is 2.96. The van der Waals surface area contributed by atoms with Crippen LogP contribution in [0.5, 0.6) is 5.88 Å². The van der Waals surface area contributed by atoms with Gasteiger partial charge in [-0.1, -0.05) is 0 Å². The molecule has 0 atom stereocenters. The molecule has 5 nitrogen and oxygen atoms in total. The van der Waals surface area contributed by atoms with Gasteiger partial charge in [0.1, 0.15) is 0 Å². The van der Waals surface area contributed by atoms with Gasteiger partial charge in [0.05, 0.1) is 19.5 Å². The number of hydrogen-bond donors (Lipinski definition) is 0. The van der Waals surface area contributed by atoms with Crippen LogP contribution in [0.1, 0.15) is 18.1 Å². The molecule has 0 N–H and O–H groups in total. The second kappa shape index (κ2) is 4.38. The number of hydrogen-bond acceptors (Lipinski definition) is 3. The molecule has 2 aromatic heterocycles. The Kier molecular flexibility index (Phi) is 2.94. The summed E-state index contributed by atoms with van der Waals surface area (Å²) >= 11 is 0. The molecule has 0 unspecified atom stereocenters. The molecule has 0 bridgehead atoms. The third-order valence-electron chi connectivity index (χ3n) is 2.55. The van der Waals surface area contributed by atoms with Crippen LogP contribution < -0.4 is 4.74 Å². The molecule has 0 saturated heterocycles. The van der Waals surface area contributed by atoms with E-state index in [1.54, 1.807) is 11.8 Å². The average molecular weight is 220 g/mol. The molecule has 5 heteroatoms. The van der Waals surface area contributed by atoms with Crippen LogP contribution in [0.3, 0.4) is 0 Å². The van der Waals surface area contributed by atoms with Crippen LogP contribution in [-0.4, -0.2) is 26.7 Å². The van der Waals surface area contributed by atoms with Gasteiger partial charge < -0.3 is 4.74 Å². The summed E-state index contributed by atoms with van der Waals surface area (Å²) in [4.78, 5) is 0. The highest BCUT2D eigenvalue weighted by molar-refractivity contribution is 5.29. The monoisotopic (exact) mass is 220 g/mol. The van der Waals surface area contributed by atoms with Crippen LogP contribution in [0.4, 0.5) is 0 Å². The van der Waals surface area contributed by atoms with Crippen molar-refractivity contribution in [2.24, 2.45) is 7.05 Å². The van der Waals surface area contributed by atoms with Crippen molar-refractivity contribution in [1.82, 2.24) is 19.6 Å². The Hall–Kier alpha value is -1.78. The van der Waals surface area contributed by atoms with Gasteiger partial charge in [-0.25, -0.2) is 4.68 Å². The first-order chi connectivity index (χ1) is 7.74. The summed E-state index contributed by atoms with van der Waals surface area (Å²) in [6, 6.07) is 0. The van der Waals surface area contributed by atoms with E-state index in [9.17, 15) is 0 Å². The van der Waals surface area contributed by atoms with E-state index in [2.05, 4.69) is 17.1 Å². The van der Waals surface area contributed by atoms with Crippen LogP contribution in [0.2, 0.25) is 0 Å².